The van der Waals surface area contributed by atoms with Gasteiger partial charge in [-0.25, -0.2) is 4.39 Å². The van der Waals surface area contributed by atoms with Crippen LogP contribution in [0.1, 0.15) is 18.9 Å². The molecule has 0 aliphatic carbocycles. The summed E-state index contributed by atoms with van der Waals surface area (Å²) in [6.07, 6.45) is 1.68. The van der Waals surface area contributed by atoms with E-state index in [1.54, 1.807) is 23.9 Å². The van der Waals surface area contributed by atoms with Crippen LogP contribution in [-0.4, -0.2) is 17.7 Å². The molecular weight excluding hydrogens is 297 g/mol. The second-order valence-corrected chi connectivity index (χ2v) is 6.51. The molecule has 0 bridgehead atoms. The quantitative estimate of drug-likeness (QED) is 0.616. The van der Waals surface area contributed by atoms with Crippen LogP contribution in [0.3, 0.4) is 0 Å². The average Bonchev–Trinajstić information content (AvgIpc) is 2.54. The summed E-state index contributed by atoms with van der Waals surface area (Å²) in [6, 6.07) is 16.4. The van der Waals surface area contributed by atoms with Crippen LogP contribution in [0.5, 0.6) is 0 Å². The lowest BCUT2D eigenvalue weighted by atomic mass is 10.1. The molecule has 0 aliphatic heterocycles. The minimum absolute atomic E-state index is 0.0490. The molecule has 0 saturated carbocycles. The molecular formula is C18H20FNOS. The first kappa shape index (κ1) is 16.6. The third kappa shape index (κ3) is 5.53. The fourth-order valence-corrected chi connectivity index (χ4v) is 2.97. The number of benzene rings is 2. The van der Waals surface area contributed by atoms with E-state index in [0.717, 1.165) is 23.3 Å². The number of hydrogen-bond acceptors (Lipinski definition) is 2. The number of rotatable bonds is 7. The third-order valence-electron chi connectivity index (χ3n) is 3.28. The predicted octanol–water partition coefficient (Wildman–Crippen LogP) is 4.06. The van der Waals surface area contributed by atoms with Crippen LogP contribution < -0.4 is 5.32 Å². The topological polar surface area (TPSA) is 29.1 Å². The second-order valence-electron chi connectivity index (χ2n) is 5.09. The second kappa shape index (κ2) is 8.59. The molecule has 0 aromatic heterocycles. The third-order valence-corrected chi connectivity index (χ3v) is 4.39. The van der Waals surface area contributed by atoms with Crippen molar-refractivity contribution in [2.75, 3.05) is 6.54 Å². The summed E-state index contributed by atoms with van der Waals surface area (Å²) < 4.78 is 12.8. The van der Waals surface area contributed by atoms with Gasteiger partial charge < -0.3 is 5.32 Å². The molecule has 2 rings (SSSR count). The highest BCUT2D eigenvalue weighted by molar-refractivity contribution is 8.00. The summed E-state index contributed by atoms with van der Waals surface area (Å²) >= 11 is 1.55. The number of halogens is 1. The number of aryl methyl sites for hydroxylation is 1. The van der Waals surface area contributed by atoms with E-state index in [9.17, 15) is 9.18 Å². The normalized spacial score (nSPS) is 11.9. The van der Waals surface area contributed by atoms with Crippen LogP contribution >= 0.6 is 11.8 Å². The maximum atomic E-state index is 12.8. The molecule has 0 radical (unpaired) electrons. The molecule has 2 aromatic rings. The van der Waals surface area contributed by atoms with E-state index >= 15 is 0 Å². The molecule has 0 aliphatic rings. The Morgan fingerprint density at radius 3 is 2.50 bits per heavy atom. The van der Waals surface area contributed by atoms with Gasteiger partial charge >= 0.3 is 0 Å². The number of thioether (sulfide) groups is 1. The van der Waals surface area contributed by atoms with Gasteiger partial charge in [0.05, 0.1) is 5.25 Å². The highest BCUT2D eigenvalue weighted by Gasteiger charge is 2.13. The molecule has 1 unspecified atom stereocenters. The summed E-state index contributed by atoms with van der Waals surface area (Å²) in [7, 11) is 0. The molecule has 0 heterocycles. The number of amides is 1. The van der Waals surface area contributed by atoms with Crippen LogP contribution in [0.2, 0.25) is 0 Å². The van der Waals surface area contributed by atoms with Gasteiger partial charge in [0.15, 0.2) is 0 Å². The molecule has 22 heavy (non-hydrogen) atoms. The van der Waals surface area contributed by atoms with Crippen LogP contribution in [0.4, 0.5) is 4.39 Å². The van der Waals surface area contributed by atoms with Crippen LogP contribution in [-0.2, 0) is 11.2 Å². The molecule has 2 nitrogen and oxygen atoms in total. The highest BCUT2D eigenvalue weighted by atomic mass is 32.2. The number of nitrogens with one attached hydrogen (secondary N) is 1. The van der Waals surface area contributed by atoms with Crippen LogP contribution in [0, 0.1) is 5.82 Å². The van der Waals surface area contributed by atoms with Crippen molar-refractivity contribution in [3.05, 3.63) is 66.0 Å². The smallest absolute Gasteiger partial charge is 0.233 e. The number of carbonyl (C=O) groups excluding carboxylic acids is 1. The lowest BCUT2D eigenvalue weighted by Crippen LogP contribution is -2.31. The van der Waals surface area contributed by atoms with Crippen molar-refractivity contribution in [2.45, 2.75) is 29.9 Å². The van der Waals surface area contributed by atoms with E-state index in [1.807, 2.05) is 37.3 Å². The standard InChI is InChI=1S/C18H20FNOS/c1-14(22-17-7-3-2-4-8-17)18(21)20-13-5-6-15-9-11-16(19)12-10-15/h2-4,7-12,14H,5-6,13H2,1H3,(H,20,21). The van der Waals surface area contributed by atoms with E-state index in [0.29, 0.717) is 6.54 Å². The molecule has 2 aromatic carbocycles. The van der Waals surface area contributed by atoms with E-state index in [4.69, 9.17) is 0 Å². The van der Waals surface area contributed by atoms with E-state index < -0.39 is 0 Å². The molecule has 1 N–H and O–H groups in total. The fourth-order valence-electron chi connectivity index (χ4n) is 2.06. The van der Waals surface area contributed by atoms with Gasteiger partial charge in [-0.05, 0) is 49.6 Å². The first-order valence-corrected chi connectivity index (χ1v) is 8.27. The zero-order valence-electron chi connectivity index (χ0n) is 12.6. The Labute approximate surface area is 135 Å². The minimum atomic E-state index is -0.219. The molecule has 4 heteroatoms. The van der Waals surface area contributed by atoms with Crippen molar-refractivity contribution < 1.29 is 9.18 Å². The zero-order valence-corrected chi connectivity index (χ0v) is 13.4. The SMILES string of the molecule is CC(Sc1ccccc1)C(=O)NCCCc1ccc(F)cc1. The fraction of sp³-hybridized carbons (Fsp3) is 0.278. The Balaban J connectivity index is 1.67. The molecule has 0 spiro atoms. The van der Waals surface area contributed by atoms with Gasteiger partial charge in [-0.3, -0.25) is 4.79 Å². The lowest BCUT2D eigenvalue weighted by Gasteiger charge is -2.12. The maximum absolute atomic E-state index is 12.8. The van der Waals surface area contributed by atoms with Gasteiger partial charge in [0.2, 0.25) is 5.91 Å². The van der Waals surface area contributed by atoms with Gasteiger partial charge in [-0.2, -0.15) is 0 Å². The van der Waals surface area contributed by atoms with Crippen LogP contribution in [0.25, 0.3) is 0 Å². The highest BCUT2D eigenvalue weighted by Crippen LogP contribution is 2.22. The Hall–Kier alpha value is -1.81. The Morgan fingerprint density at radius 1 is 1.14 bits per heavy atom. The van der Waals surface area contributed by atoms with Crippen molar-refractivity contribution in [1.29, 1.82) is 0 Å². The number of hydrogen-bond donors (Lipinski definition) is 1. The van der Waals surface area contributed by atoms with Gasteiger partial charge in [0.25, 0.3) is 0 Å². The minimum Gasteiger partial charge on any atom is -0.355 e. The van der Waals surface area contributed by atoms with Crippen molar-refractivity contribution in [1.82, 2.24) is 5.32 Å². The van der Waals surface area contributed by atoms with Crippen LogP contribution in [0.15, 0.2) is 59.5 Å². The molecule has 116 valence electrons. The Kier molecular flexibility index (Phi) is 6.46. The average molecular weight is 317 g/mol. The summed E-state index contributed by atoms with van der Waals surface area (Å²) in [5, 5.41) is 2.83. The largest absolute Gasteiger partial charge is 0.355 e. The molecule has 1 amide bonds. The van der Waals surface area contributed by atoms with Gasteiger partial charge in [0.1, 0.15) is 5.82 Å². The Bertz CT molecular complexity index is 586. The summed E-state index contributed by atoms with van der Waals surface area (Å²) in [5.74, 6) is -0.170. The summed E-state index contributed by atoms with van der Waals surface area (Å²) in [5.41, 5.74) is 1.09. The van der Waals surface area contributed by atoms with E-state index in [2.05, 4.69) is 5.32 Å². The first-order chi connectivity index (χ1) is 10.6. The zero-order chi connectivity index (χ0) is 15.8. The van der Waals surface area contributed by atoms with Gasteiger partial charge in [-0.1, -0.05) is 30.3 Å². The van der Waals surface area contributed by atoms with Crippen molar-refractivity contribution >= 4 is 17.7 Å². The molecule has 0 saturated heterocycles. The monoisotopic (exact) mass is 317 g/mol. The summed E-state index contributed by atoms with van der Waals surface area (Å²) in [4.78, 5) is 13.1. The van der Waals surface area contributed by atoms with Crippen molar-refractivity contribution in [3.8, 4) is 0 Å². The Morgan fingerprint density at radius 2 is 1.82 bits per heavy atom. The van der Waals surface area contributed by atoms with E-state index in [-0.39, 0.29) is 17.0 Å². The van der Waals surface area contributed by atoms with Crippen molar-refractivity contribution in [3.63, 3.8) is 0 Å². The van der Waals surface area contributed by atoms with E-state index in [1.165, 1.54) is 12.1 Å². The lowest BCUT2D eigenvalue weighted by molar-refractivity contribution is -0.120. The summed E-state index contributed by atoms with van der Waals surface area (Å²) in [6.45, 7) is 2.54. The molecule has 1 atom stereocenters. The number of carbonyl (C=O) groups is 1. The first-order valence-electron chi connectivity index (χ1n) is 7.39. The maximum Gasteiger partial charge on any atom is 0.233 e. The molecule has 0 fully saturated rings. The van der Waals surface area contributed by atoms with Gasteiger partial charge in [0, 0.05) is 11.4 Å². The predicted molar refractivity (Wildman–Crippen MR) is 89.5 cm³/mol. The van der Waals surface area contributed by atoms with Crippen molar-refractivity contribution in [2.24, 2.45) is 0 Å². The van der Waals surface area contributed by atoms with Gasteiger partial charge in [-0.15, -0.1) is 11.8 Å².